The van der Waals surface area contributed by atoms with E-state index in [0.29, 0.717) is 0 Å². The molecule has 112 valence electrons. The van der Waals surface area contributed by atoms with Crippen molar-refractivity contribution >= 4 is 17.9 Å². The molecule has 0 spiro atoms. The third kappa shape index (κ3) is 14.1. The topological polar surface area (TPSA) is 126 Å². The van der Waals surface area contributed by atoms with E-state index in [9.17, 15) is 4.79 Å². The summed E-state index contributed by atoms with van der Waals surface area (Å²) in [5.74, 6) is -0.828. The summed E-state index contributed by atoms with van der Waals surface area (Å²) < 4.78 is 5.07. The van der Waals surface area contributed by atoms with Gasteiger partial charge in [0.1, 0.15) is 11.4 Å². The summed E-state index contributed by atoms with van der Waals surface area (Å²) in [6.45, 7) is 10.2. The largest absolute Gasteiger partial charge is 0.481 e. The van der Waals surface area contributed by atoms with Crippen molar-refractivity contribution in [3.05, 3.63) is 0 Å². The molecule has 0 heterocycles. The van der Waals surface area contributed by atoms with Gasteiger partial charge in [0.2, 0.25) is 0 Å². The fourth-order valence-electron chi connectivity index (χ4n) is 1.04. The predicted octanol–water partition coefficient (Wildman–Crippen LogP) is 1.56. The molecule has 0 rings (SSSR count). The first-order valence-corrected chi connectivity index (χ1v) is 5.89. The highest BCUT2D eigenvalue weighted by molar-refractivity contribution is 5.86. The number of carboxylic acid groups (broad SMARTS) is 1. The minimum absolute atomic E-state index is 0.0594. The van der Waals surface area contributed by atoms with Gasteiger partial charge in [0.25, 0.3) is 5.97 Å². The van der Waals surface area contributed by atoms with E-state index >= 15 is 0 Å². The fourth-order valence-corrected chi connectivity index (χ4v) is 1.04. The lowest BCUT2D eigenvalue weighted by molar-refractivity contribution is -0.134. The number of carbonyl (C=O) groups is 2. The number of hydrogen-bond acceptors (Lipinski definition) is 4. The zero-order valence-corrected chi connectivity index (χ0v) is 12.4. The zero-order valence-electron chi connectivity index (χ0n) is 12.4. The number of carbonyl (C=O) groups excluding carboxylic acids is 1. The Morgan fingerprint density at radius 1 is 1.32 bits per heavy atom. The van der Waals surface area contributed by atoms with Crippen LogP contribution in [0, 0.1) is 11.3 Å². The molecule has 0 aliphatic carbocycles. The van der Waals surface area contributed by atoms with Crippen LogP contribution in [0.25, 0.3) is 0 Å². The van der Waals surface area contributed by atoms with Crippen LogP contribution in [0.15, 0.2) is 0 Å². The number of nitrogens with two attached hydrogens (primary N) is 1. The minimum Gasteiger partial charge on any atom is -0.481 e. The number of amides is 1. The van der Waals surface area contributed by atoms with Crippen LogP contribution in [0.2, 0.25) is 0 Å². The average Bonchev–Trinajstić information content (AvgIpc) is 2.09. The molecular weight excluding hydrogens is 250 g/mol. The summed E-state index contributed by atoms with van der Waals surface area (Å²) in [5, 5.41) is 17.3. The van der Waals surface area contributed by atoms with Gasteiger partial charge in [-0.2, -0.15) is 0 Å². The molecule has 0 saturated heterocycles. The number of alkyl carbamates (subject to hydrolysis) is 1. The smallest absolute Gasteiger partial charge is 0.408 e. The van der Waals surface area contributed by atoms with E-state index in [4.69, 9.17) is 25.8 Å². The predicted molar refractivity (Wildman–Crippen MR) is 73.2 cm³/mol. The van der Waals surface area contributed by atoms with Crippen molar-refractivity contribution in [2.45, 2.75) is 53.2 Å². The maximum atomic E-state index is 11.4. The molecule has 0 aliphatic rings. The summed E-state index contributed by atoms with van der Waals surface area (Å²) in [4.78, 5) is 20.4. The van der Waals surface area contributed by atoms with E-state index in [-0.39, 0.29) is 11.8 Å². The maximum absolute atomic E-state index is 11.4. The van der Waals surface area contributed by atoms with E-state index in [1.54, 1.807) is 20.8 Å². The summed E-state index contributed by atoms with van der Waals surface area (Å²) in [6.07, 6.45) is -0.545. The van der Waals surface area contributed by atoms with Crippen molar-refractivity contribution < 1.29 is 19.4 Å². The van der Waals surface area contributed by atoms with Crippen molar-refractivity contribution in [3.8, 4) is 0 Å². The van der Waals surface area contributed by atoms with Gasteiger partial charge in [-0.25, -0.2) is 4.79 Å². The van der Waals surface area contributed by atoms with E-state index in [1.807, 2.05) is 13.8 Å². The van der Waals surface area contributed by atoms with Crippen molar-refractivity contribution in [1.29, 1.82) is 5.41 Å². The van der Waals surface area contributed by atoms with E-state index in [1.165, 1.54) is 0 Å². The van der Waals surface area contributed by atoms with Gasteiger partial charge in [-0.05, 0) is 26.7 Å². The Balaban J connectivity index is 0. The molecule has 19 heavy (non-hydrogen) atoms. The second-order valence-corrected chi connectivity index (χ2v) is 5.34. The molecule has 0 aromatic heterocycles. The number of nitrogens with one attached hydrogen (secondary N) is 2. The first-order valence-electron chi connectivity index (χ1n) is 5.89. The Bertz CT molecular complexity index is 317. The van der Waals surface area contributed by atoms with Crippen molar-refractivity contribution in [2.24, 2.45) is 11.7 Å². The first kappa shape index (κ1) is 19.5. The Morgan fingerprint density at radius 2 is 1.68 bits per heavy atom. The molecule has 0 bridgehead atoms. The number of ether oxygens (including phenoxy) is 1. The molecule has 0 aliphatic heterocycles. The minimum atomic E-state index is -0.833. The molecule has 7 nitrogen and oxygen atoms in total. The highest BCUT2D eigenvalue weighted by Crippen LogP contribution is 2.08. The van der Waals surface area contributed by atoms with Gasteiger partial charge in [0, 0.05) is 6.92 Å². The molecule has 0 saturated carbocycles. The molecule has 0 fully saturated rings. The molecule has 0 aromatic rings. The Labute approximate surface area is 114 Å². The van der Waals surface area contributed by atoms with E-state index in [2.05, 4.69) is 5.32 Å². The Kier molecular flexibility index (Phi) is 8.58. The summed E-state index contributed by atoms with van der Waals surface area (Å²) >= 11 is 0. The number of hydrogen-bond donors (Lipinski definition) is 4. The molecular formula is C12H25N3O4. The summed E-state index contributed by atoms with van der Waals surface area (Å²) in [5.41, 5.74) is 4.82. The van der Waals surface area contributed by atoms with Crippen LogP contribution in [-0.2, 0) is 9.53 Å². The normalized spacial score (nSPS) is 11.9. The van der Waals surface area contributed by atoms with Gasteiger partial charge >= 0.3 is 6.09 Å². The molecule has 1 atom stereocenters. The third-order valence-corrected chi connectivity index (χ3v) is 1.67. The molecule has 1 unspecified atom stereocenters. The average molecular weight is 275 g/mol. The van der Waals surface area contributed by atoms with Crippen molar-refractivity contribution in [1.82, 2.24) is 5.32 Å². The highest BCUT2D eigenvalue weighted by atomic mass is 16.6. The van der Waals surface area contributed by atoms with Gasteiger partial charge in [-0.3, -0.25) is 10.2 Å². The second-order valence-electron chi connectivity index (χ2n) is 5.34. The van der Waals surface area contributed by atoms with Crippen LogP contribution in [-0.4, -0.2) is 34.6 Å². The van der Waals surface area contributed by atoms with Gasteiger partial charge in [-0.15, -0.1) is 0 Å². The molecule has 1 amide bonds. The quantitative estimate of drug-likeness (QED) is 0.459. The van der Waals surface area contributed by atoms with Gasteiger partial charge in [0.15, 0.2) is 0 Å². The number of rotatable bonds is 3. The lowest BCUT2D eigenvalue weighted by atomic mass is 10.0. The number of aliphatic carboxylic acids is 1. The second kappa shape index (κ2) is 8.34. The van der Waals surface area contributed by atoms with Crippen LogP contribution < -0.4 is 11.1 Å². The standard InChI is InChI=1S/C10H21N3O2.C2H4O2/c1-6(2)7(8(11)12)13-9(14)15-10(3,4)5;1-2(3)4/h6-7H,1-5H3,(H3,11,12)(H,13,14);1H3,(H,3,4). The molecule has 0 radical (unpaired) electrons. The third-order valence-electron chi connectivity index (χ3n) is 1.67. The highest BCUT2D eigenvalue weighted by Gasteiger charge is 2.22. The molecule has 5 N–H and O–H groups in total. The summed E-state index contributed by atoms with van der Waals surface area (Å²) in [7, 11) is 0. The fraction of sp³-hybridized carbons (Fsp3) is 0.750. The zero-order chi connectivity index (χ0) is 15.8. The van der Waals surface area contributed by atoms with Crippen LogP contribution in [0.5, 0.6) is 0 Å². The van der Waals surface area contributed by atoms with Crippen LogP contribution in [0.4, 0.5) is 4.79 Å². The van der Waals surface area contributed by atoms with Crippen LogP contribution >= 0.6 is 0 Å². The lowest BCUT2D eigenvalue weighted by Gasteiger charge is -2.24. The first-order chi connectivity index (χ1) is 8.36. The number of carboxylic acids is 1. The number of amidine groups is 1. The van der Waals surface area contributed by atoms with Crippen LogP contribution in [0.1, 0.15) is 41.5 Å². The van der Waals surface area contributed by atoms with Crippen molar-refractivity contribution in [3.63, 3.8) is 0 Å². The molecule has 0 aromatic carbocycles. The monoisotopic (exact) mass is 275 g/mol. The molecule has 7 heteroatoms. The SMILES string of the molecule is CC(=O)O.CC(C)C(NC(=O)OC(C)(C)C)C(=N)N. The van der Waals surface area contributed by atoms with Gasteiger partial charge in [-0.1, -0.05) is 13.8 Å². The Morgan fingerprint density at radius 3 is 1.89 bits per heavy atom. The summed E-state index contributed by atoms with van der Waals surface area (Å²) in [6, 6.07) is -0.472. The van der Waals surface area contributed by atoms with E-state index < -0.39 is 23.7 Å². The maximum Gasteiger partial charge on any atom is 0.408 e. The van der Waals surface area contributed by atoms with Crippen molar-refractivity contribution in [2.75, 3.05) is 0 Å². The Hall–Kier alpha value is -1.79. The van der Waals surface area contributed by atoms with Crippen LogP contribution in [0.3, 0.4) is 0 Å². The lowest BCUT2D eigenvalue weighted by Crippen LogP contribution is -2.48. The van der Waals surface area contributed by atoms with Gasteiger partial charge in [0.05, 0.1) is 6.04 Å². The van der Waals surface area contributed by atoms with E-state index in [0.717, 1.165) is 6.92 Å². The van der Waals surface area contributed by atoms with Gasteiger partial charge < -0.3 is 20.9 Å².